The molecule has 0 unspecified atom stereocenters. The van der Waals surface area contributed by atoms with E-state index < -0.39 is 0 Å². The van der Waals surface area contributed by atoms with Gasteiger partial charge in [0.1, 0.15) is 5.71 Å². The molecule has 0 aromatic carbocycles. The van der Waals surface area contributed by atoms with E-state index in [2.05, 4.69) is 34.3 Å². The maximum Gasteiger partial charge on any atom is 0.111 e. The van der Waals surface area contributed by atoms with Crippen LogP contribution in [0.15, 0.2) is 29.6 Å². The molecule has 2 rings (SSSR count). The minimum atomic E-state index is 0.936. The van der Waals surface area contributed by atoms with Crippen molar-refractivity contribution in [2.24, 2.45) is 12.1 Å². The predicted octanol–water partition coefficient (Wildman–Crippen LogP) is 1.17. The lowest BCUT2D eigenvalue weighted by atomic mass is 10.2. The molecule has 0 atom stereocenters. The molecule has 1 aromatic rings. The fraction of sp³-hybridized carbons (Fsp3) is 0.222. The molecule has 1 aliphatic rings. The van der Waals surface area contributed by atoms with Crippen LogP contribution in [-0.2, 0) is 7.05 Å². The van der Waals surface area contributed by atoms with Gasteiger partial charge in [0.15, 0.2) is 0 Å². The Balaban J connectivity index is 2.45. The largest absolute Gasteiger partial charge is 0.349 e. The Morgan fingerprint density at radius 3 is 2.75 bits per heavy atom. The molecule has 2 heterocycles. The zero-order chi connectivity index (χ0) is 8.55. The van der Waals surface area contributed by atoms with Gasteiger partial charge in [0.25, 0.3) is 0 Å². The Morgan fingerprint density at radius 2 is 2.25 bits per heavy atom. The van der Waals surface area contributed by atoms with E-state index in [0.717, 1.165) is 11.4 Å². The van der Waals surface area contributed by atoms with Crippen molar-refractivity contribution in [2.75, 3.05) is 0 Å². The number of hydrogen-bond acceptors (Lipinski definition) is 1. The Hall–Kier alpha value is -1.51. The molecule has 0 aliphatic carbocycles. The van der Waals surface area contributed by atoms with Crippen molar-refractivity contribution in [3.05, 3.63) is 35.8 Å². The fourth-order valence-corrected chi connectivity index (χ4v) is 1.35. The van der Waals surface area contributed by atoms with Gasteiger partial charge >= 0.3 is 0 Å². The number of hydrogen-bond donors (Lipinski definition) is 0. The second-order valence-corrected chi connectivity index (χ2v) is 2.93. The van der Waals surface area contributed by atoms with Crippen molar-refractivity contribution >= 4 is 5.71 Å². The van der Waals surface area contributed by atoms with Gasteiger partial charge in [-0.15, -0.1) is 5.10 Å². The second kappa shape index (κ2) is 2.52. The first kappa shape index (κ1) is 7.16. The molecule has 1 aromatic heterocycles. The van der Waals surface area contributed by atoms with Gasteiger partial charge in [-0.05, 0) is 24.6 Å². The molecule has 0 saturated carbocycles. The summed E-state index contributed by atoms with van der Waals surface area (Å²) in [6.07, 6.45) is 5.69. The van der Waals surface area contributed by atoms with Crippen LogP contribution >= 0.6 is 0 Å². The van der Waals surface area contributed by atoms with Crippen LogP contribution in [0.3, 0.4) is 0 Å². The summed E-state index contributed by atoms with van der Waals surface area (Å²) in [5.74, 6) is 0. The standard InChI is InChI=1S/C9H10N3/c1-7-5-9(12(2)6-7)8-3-4-10-11-8/h3-6H,1-2H3. The summed E-state index contributed by atoms with van der Waals surface area (Å²) < 4.78 is 2.05. The average molecular weight is 160 g/mol. The topological polar surface area (TPSA) is 31.4 Å². The molecule has 1 radical (unpaired) electrons. The highest BCUT2D eigenvalue weighted by atomic mass is 15.3. The molecule has 1 aliphatic heterocycles. The number of rotatable bonds is 1. The van der Waals surface area contributed by atoms with Crippen molar-refractivity contribution in [3.63, 3.8) is 0 Å². The van der Waals surface area contributed by atoms with Crippen molar-refractivity contribution < 1.29 is 0 Å². The molecular weight excluding hydrogens is 150 g/mol. The van der Waals surface area contributed by atoms with Crippen molar-refractivity contribution in [1.82, 2.24) is 9.99 Å². The molecule has 3 nitrogen and oxygen atoms in total. The van der Waals surface area contributed by atoms with Crippen LogP contribution < -0.4 is 5.43 Å². The van der Waals surface area contributed by atoms with E-state index in [1.54, 1.807) is 6.20 Å². The summed E-state index contributed by atoms with van der Waals surface area (Å²) >= 11 is 0. The summed E-state index contributed by atoms with van der Waals surface area (Å²) in [5, 5.41) is 3.99. The van der Waals surface area contributed by atoms with E-state index in [1.165, 1.54) is 5.56 Å². The van der Waals surface area contributed by atoms with Gasteiger partial charge in [-0.25, -0.2) is 0 Å². The zero-order valence-electron chi connectivity index (χ0n) is 7.15. The number of aromatic nitrogens is 1. The van der Waals surface area contributed by atoms with Gasteiger partial charge in [-0.2, -0.15) is 5.43 Å². The zero-order valence-corrected chi connectivity index (χ0v) is 7.15. The third kappa shape index (κ3) is 1.03. The molecular formula is C9H10N3. The van der Waals surface area contributed by atoms with E-state index in [1.807, 2.05) is 13.1 Å². The SMILES string of the molecule is Cc1cc(C2=N[N]C=C2)n(C)c1. The number of nitrogens with zero attached hydrogens (tertiary/aromatic N) is 3. The first-order valence-corrected chi connectivity index (χ1v) is 3.85. The summed E-state index contributed by atoms with van der Waals surface area (Å²) in [5.41, 5.74) is 7.08. The third-order valence-electron chi connectivity index (χ3n) is 1.87. The van der Waals surface area contributed by atoms with Crippen LogP contribution in [0.2, 0.25) is 0 Å². The normalized spacial score (nSPS) is 14.7. The van der Waals surface area contributed by atoms with Crippen LogP contribution in [0.25, 0.3) is 0 Å². The molecule has 0 amide bonds. The Labute approximate surface area is 71.4 Å². The van der Waals surface area contributed by atoms with E-state index in [4.69, 9.17) is 0 Å². The molecule has 0 N–H and O–H groups in total. The summed E-state index contributed by atoms with van der Waals surface area (Å²) in [6.45, 7) is 2.07. The molecule has 0 fully saturated rings. The van der Waals surface area contributed by atoms with Gasteiger partial charge in [0, 0.05) is 13.2 Å². The lowest BCUT2D eigenvalue weighted by molar-refractivity contribution is 0.906. The first-order valence-electron chi connectivity index (χ1n) is 3.85. The summed E-state index contributed by atoms with van der Waals surface area (Å²) in [7, 11) is 2.01. The molecule has 0 spiro atoms. The average Bonchev–Trinajstić information content (AvgIpc) is 2.58. The minimum Gasteiger partial charge on any atom is -0.349 e. The quantitative estimate of drug-likeness (QED) is 0.590. The van der Waals surface area contributed by atoms with Gasteiger partial charge in [0.2, 0.25) is 0 Å². The minimum absolute atomic E-state index is 0.936. The van der Waals surface area contributed by atoms with Crippen molar-refractivity contribution in [3.8, 4) is 0 Å². The summed E-state index contributed by atoms with van der Waals surface area (Å²) in [4.78, 5) is 0. The van der Waals surface area contributed by atoms with Crippen molar-refractivity contribution in [1.29, 1.82) is 0 Å². The van der Waals surface area contributed by atoms with E-state index >= 15 is 0 Å². The Morgan fingerprint density at radius 1 is 1.42 bits per heavy atom. The van der Waals surface area contributed by atoms with Crippen molar-refractivity contribution in [2.45, 2.75) is 6.92 Å². The fourth-order valence-electron chi connectivity index (χ4n) is 1.35. The van der Waals surface area contributed by atoms with E-state index in [0.29, 0.717) is 0 Å². The number of allylic oxidation sites excluding steroid dienone is 1. The van der Waals surface area contributed by atoms with Gasteiger partial charge in [-0.1, -0.05) is 0 Å². The number of aryl methyl sites for hydroxylation is 2. The molecule has 0 saturated heterocycles. The first-order chi connectivity index (χ1) is 5.77. The highest BCUT2D eigenvalue weighted by molar-refractivity contribution is 6.08. The Kier molecular flexibility index (Phi) is 1.50. The van der Waals surface area contributed by atoms with Gasteiger partial charge in [-0.3, -0.25) is 0 Å². The van der Waals surface area contributed by atoms with Gasteiger partial charge < -0.3 is 4.57 Å². The highest BCUT2D eigenvalue weighted by Crippen LogP contribution is 2.09. The highest BCUT2D eigenvalue weighted by Gasteiger charge is 2.08. The third-order valence-corrected chi connectivity index (χ3v) is 1.87. The van der Waals surface area contributed by atoms with Crippen LogP contribution in [-0.4, -0.2) is 10.3 Å². The van der Waals surface area contributed by atoms with Crippen LogP contribution in [0.1, 0.15) is 11.3 Å². The summed E-state index contributed by atoms with van der Waals surface area (Å²) in [6, 6.07) is 2.10. The maximum absolute atomic E-state index is 3.99. The second-order valence-electron chi connectivity index (χ2n) is 2.93. The van der Waals surface area contributed by atoms with E-state index in [-0.39, 0.29) is 0 Å². The molecule has 61 valence electrons. The lowest BCUT2D eigenvalue weighted by Crippen LogP contribution is -2.01. The van der Waals surface area contributed by atoms with Crippen LogP contribution in [0.5, 0.6) is 0 Å². The van der Waals surface area contributed by atoms with Gasteiger partial charge in [0.05, 0.1) is 11.9 Å². The molecule has 3 heteroatoms. The van der Waals surface area contributed by atoms with Crippen LogP contribution in [0, 0.1) is 6.92 Å². The predicted molar refractivity (Wildman–Crippen MR) is 48.0 cm³/mol. The maximum atomic E-state index is 3.99. The van der Waals surface area contributed by atoms with E-state index in [9.17, 15) is 0 Å². The molecule has 12 heavy (non-hydrogen) atoms. The molecule has 0 bridgehead atoms. The lowest BCUT2D eigenvalue weighted by Gasteiger charge is -1.97. The smallest absolute Gasteiger partial charge is 0.111 e. The monoisotopic (exact) mass is 160 g/mol. The Bertz CT molecular complexity index is 358. The van der Waals surface area contributed by atoms with Crippen LogP contribution in [0.4, 0.5) is 0 Å².